The average Bonchev–Trinajstić information content (AvgIpc) is 3.20. The zero-order valence-corrected chi connectivity index (χ0v) is 18.3. The molecule has 0 aliphatic carbocycles. The van der Waals surface area contributed by atoms with E-state index >= 15 is 0 Å². The Balaban J connectivity index is 1.91. The Morgan fingerprint density at radius 1 is 0.750 bits per heavy atom. The predicted molar refractivity (Wildman–Crippen MR) is 127 cm³/mol. The van der Waals surface area contributed by atoms with Gasteiger partial charge in [-0.05, 0) is 0 Å². The molecule has 0 unspecified atom stereocenters. The third-order valence-corrected chi connectivity index (χ3v) is 8.00. The molecule has 0 fully saturated rings. The molecule has 0 atom stereocenters. The zero-order chi connectivity index (χ0) is 21.8. The summed E-state index contributed by atoms with van der Waals surface area (Å²) in [6.07, 6.45) is 0. The summed E-state index contributed by atoms with van der Waals surface area (Å²) in [4.78, 5) is 26.8. The third kappa shape index (κ3) is 2.64. The molecule has 0 bridgehead atoms. The number of pyridine rings is 1. The van der Waals surface area contributed by atoms with Gasteiger partial charge in [0.1, 0.15) is 0 Å². The van der Waals surface area contributed by atoms with Gasteiger partial charge in [0.25, 0.3) is 0 Å². The predicted octanol–water partition coefficient (Wildman–Crippen LogP) is 4.66. The number of fused-ring (bicyclic) bond motifs is 5. The van der Waals surface area contributed by atoms with Crippen LogP contribution in [0, 0.1) is 0 Å². The first-order chi connectivity index (χ1) is 15.6. The van der Waals surface area contributed by atoms with Crippen LogP contribution in [0.1, 0.15) is 0 Å². The molecule has 6 heteroatoms. The molecule has 0 spiro atoms. The van der Waals surface area contributed by atoms with Crippen LogP contribution in [-0.2, 0) is 0 Å². The number of rotatable bonds is 2. The van der Waals surface area contributed by atoms with Crippen LogP contribution in [0.3, 0.4) is 0 Å². The summed E-state index contributed by atoms with van der Waals surface area (Å²) in [7, 11) is 0. The van der Waals surface area contributed by atoms with Crippen LogP contribution >= 0.6 is 0 Å². The fraction of sp³-hybridized carbons (Fsp3) is 0. The zero-order valence-electron chi connectivity index (χ0n) is 16.6. The van der Waals surface area contributed by atoms with Crippen molar-refractivity contribution in [1.29, 1.82) is 0 Å². The normalized spacial score (nSPS) is 11.5. The van der Waals surface area contributed by atoms with Gasteiger partial charge < -0.3 is 0 Å². The molecule has 6 rings (SSSR count). The van der Waals surface area contributed by atoms with E-state index in [1.54, 1.807) is 40.8 Å². The Labute approximate surface area is 187 Å². The Morgan fingerprint density at radius 3 is 2.03 bits per heavy atom. The minimum atomic E-state index is -0.675. The number of hydrogen-bond donors (Lipinski definition) is 1. The molecular formula is C26H15NO4Se. The molecule has 5 nitrogen and oxygen atoms in total. The van der Waals surface area contributed by atoms with E-state index in [9.17, 15) is 14.7 Å². The van der Waals surface area contributed by atoms with Crippen LogP contribution in [0.25, 0.3) is 47.4 Å². The fourth-order valence-corrected chi connectivity index (χ4v) is 6.66. The molecule has 3 heterocycles. The molecular weight excluding hydrogens is 469 g/mol. The van der Waals surface area contributed by atoms with Crippen LogP contribution in [-0.4, -0.2) is 24.0 Å². The molecule has 0 saturated heterocycles. The summed E-state index contributed by atoms with van der Waals surface area (Å²) in [5.41, 5.74) is 1.56. The Kier molecular flexibility index (Phi) is 4.18. The summed E-state index contributed by atoms with van der Waals surface area (Å²) in [5, 5.41) is 11.8. The fourth-order valence-electron chi connectivity index (χ4n) is 4.18. The molecule has 0 saturated carbocycles. The SMILES string of the molecule is O=c1oc2c(-c3ccccc3)c(=O)n3c4ccccc4[se]c3c2c(O)c1-c1ccccc1. The maximum atomic E-state index is 13.7. The van der Waals surface area contributed by atoms with Crippen LogP contribution in [0.15, 0.2) is 98.9 Å². The first-order valence-corrected chi connectivity index (χ1v) is 11.7. The summed E-state index contributed by atoms with van der Waals surface area (Å²) in [5.74, 6) is -0.155. The van der Waals surface area contributed by atoms with Gasteiger partial charge in [-0.3, -0.25) is 0 Å². The number of aromatic hydroxyl groups is 1. The topological polar surface area (TPSA) is 71.9 Å². The quantitative estimate of drug-likeness (QED) is 0.363. The van der Waals surface area contributed by atoms with E-state index in [0.717, 1.165) is 9.78 Å². The van der Waals surface area contributed by atoms with Gasteiger partial charge >= 0.3 is 187 Å². The van der Waals surface area contributed by atoms with Crippen molar-refractivity contribution in [1.82, 2.24) is 4.40 Å². The standard InChI is InChI=1S/C26H15NO4Se/c28-22-19(15-9-3-1-4-10-15)26(30)31-23-20(16-11-5-2-6-12-16)24(29)27-17-13-7-8-14-18(17)32-25(27)21(22)23/h1-14,28H. The van der Waals surface area contributed by atoms with Crippen molar-refractivity contribution in [2.24, 2.45) is 0 Å². The van der Waals surface area contributed by atoms with Crippen LogP contribution in [0.4, 0.5) is 0 Å². The van der Waals surface area contributed by atoms with Gasteiger partial charge in [0.15, 0.2) is 0 Å². The summed E-state index contributed by atoms with van der Waals surface area (Å²) >= 11 is -0.241. The molecule has 0 aliphatic heterocycles. The third-order valence-electron chi connectivity index (χ3n) is 5.60. The Morgan fingerprint density at radius 2 is 1.34 bits per heavy atom. The van der Waals surface area contributed by atoms with Gasteiger partial charge in [-0.25, -0.2) is 0 Å². The van der Waals surface area contributed by atoms with E-state index in [0.29, 0.717) is 20.9 Å². The van der Waals surface area contributed by atoms with Crippen molar-refractivity contribution in [2.45, 2.75) is 0 Å². The molecule has 0 aliphatic rings. The second-order valence-corrected chi connectivity index (χ2v) is 9.60. The molecule has 32 heavy (non-hydrogen) atoms. The molecule has 3 aromatic carbocycles. The number of aromatic nitrogens is 1. The minimum absolute atomic E-state index is 0.102. The van der Waals surface area contributed by atoms with Gasteiger partial charge in [0.05, 0.1) is 0 Å². The van der Waals surface area contributed by atoms with Gasteiger partial charge in [0.2, 0.25) is 0 Å². The molecule has 6 aromatic rings. The number of nitrogens with zero attached hydrogens (tertiary/aromatic N) is 1. The van der Waals surface area contributed by atoms with Crippen molar-refractivity contribution < 1.29 is 9.52 Å². The maximum absolute atomic E-state index is 13.7. The van der Waals surface area contributed by atoms with Crippen LogP contribution in [0.5, 0.6) is 5.75 Å². The number of benzene rings is 3. The summed E-state index contributed by atoms with van der Waals surface area (Å²) in [6, 6.07) is 25.8. The summed E-state index contributed by atoms with van der Waals surface area (Å²) < 4.78 is 9.18. The molecule has 1 N–H and O–H groups in total. The van der Waals surface area contributed by atoms with E-state index in [1.165, 1.54) is 0 Å². The molecule has 3 aromatic heterocycles. The first kappa shape index (κ1) is 18.9. The molecule has 0 radical (unpaired) electrons. The van der Waals surface area contributed by atoms with Crippen molar-refractivity contribution in [3.8, 4) is 28.0 Å². The second-order valence-electron chi connectivity index (χ2n) is 7.44. The second kappa shape index (κ2) is 7.09. The first-order valence-electron chi connectivity index (χ1n) is 10.0. The van der Waals surface area contributed by atoms with Gasteiger partial charge in [0, 0.05) is 0 Å². The molecule has 0 amide bonds. The van der Waals surface area contributed by atoms with Crippen LogP contribution < -0.4 is 11.2 Å². The Hall–Kier alpha value is -3.86. The van der Waals surface area contributed by atoms with Crippen molar-refractivity contribution in [3.63, 3.8) is 0 Å². The molecule has 154 valence electrons. The van der Waals surface area contributed by atoms with E-state index in [2.05, 4.69) is 0 Å². The number of hydrogen-bond acceptors (Lipinski definition) is 4. The van der Waals surface area contributed by atoms with Crippen LogP contribution in [0.2, 0.25) is 0 Å². The Bertz CT molecular complexity index is 1760. The van der Waals surface area contributed by atoms with E-state index in [-0.39, 0.29) is 42.5 Å². The van der Waals surface area contributed by atoms with Gasteiger partial charge in [-0.1, -0.05) is 0 Å². The number of para-hydroxylation sites is 1. The summed E-state index contributed by atoms with van der Waals surface area (Å²) in [6.45, 7) is 0. The van der Waals surface area contributed by atoms with Gasteiger partial charge in [-0.15, -0.1) is 0 Å². The van der Waals surface area contributed by atoms with Crippen molar-refractivity contribution in [2.75, 3.05) is 0 Å². The average molecular weight is 484 g/mol. The van der Waals surface area contributed by atoms with E-state index < -0.39 is 5.63 Å². The van der Waals surface area contributed by atoms with Gasteiger partial charge in [-0.2, -0.15) is 0 Å². The monoisotopic (exact) mass is 485 g/mol. The van der Waals surface area contributed by atoms with E-state index in [1.807, 2.05) is 48.5 Å². The van der Waals surface area contributed by atoms with Crippen molar-refractivity contribution >= 4 is 39.6 Å². The van der Waals surface area contributed by atoms with E-state index in [4.69, 9.17) is 4.42 Å². The van der Waals surface area contributed by atoms with Crippen molar-refractivity contribution in [3.05, 3.63) is 106 Å².